The van der Waals surface area contributed by atoms with Crippen LogP contribution in [0.4, 0.5) is 0 Å². The van der Waals surface area contributed by atoms with Gasteiger partial charge in [-0.2, -0.15) is 0 Å². The summed E-state index contributed by atoms with van der Waals surface area (Å²) in [5.74, 6) is -1.52. The lowest BCUT2D eigenvalue weighted by molar-refractivity contribution is 0.0318. The number of aromatic nitrogens is 2. The van der Waals surface area contributed by atoms with Crippen molar-refractivity contribution in [3.05, 3.63) is 64.1 Å². The highest BCUT2D eigenvalue weighted by Crippen LogP contribution is 2.23. The normalized spacial score (nSPS) is 11.9. The number of pyridine rings is 1. The average molecular weight is 408 g/mol. The third-order valence-electron chi connectivity index (χ3n) is 4.88. The zero-order valence-electron chi connectivity index (χ0n) is 17.7. The van der Waals surface area contributed by atoms with Gasteiger partial charge in [0.2, 0.25) is 5.78 Å². The summed E-state index contributed by atoms with van der Waals surface area (Å²) in [5.41, 5.74) is 3.27. The number of rotatable bonds is 6. The Labute approximate surface area is 174 Å². The van der Waals surface area contributed by atoms with Gasteiger partial charge < -0.3 is 14.5 Å². The second kappa shape index (κ2) is 8.49. The third-order valence-corrected chi connectivity index (χ3v) is 4.88. The molecule has 0 aliphatic carbocycles. The lowest BCUT2D eigenvalue weighted by atomic mass is 10.1. The Morgan fingerprint density at radius 3 is 2.50 bits per heavy atom. The van der Waals surface area contributed by atoms with Gasteiger partial charge in [0.1, 0.15) is 0 Å². The molecule has 3 rings (SSSR count). The highest BCUT2D eigenvalue weighted by atomic mass is 16.5. The van der Waals surface area contributed by atoms with Crippen LogP contribution < -0.4 is 0 Å². The monoisotopic (exact) mass is 408 g/mol. The molecule has 0 amide bonds. The van der Waals surface area contributed by atoms with Crippen molar-refractivity contribution in [2.75, 3.05) is 6.61 Å². The first kappa shape index (κ1) is 21.2. The number of ether oxygens (including phenoxy) is 2. The molecular formula is C23H24N2O5. The van der Waals surface area contributed by atoms with E-state index in [0.717, 1.165) is 0 Å². The van der Waals surface area contributed by atoms with E-state index in [2.05, 4.69) is 9.97 Å². The summed E-state index contributed by atoms with van der Waals surface area (Å²) in [4.78, 5) is 45.3. The molecule has 1 aromatic carbocycles. The zero-order valence-corrected chi connectivity index (χ0v) is 17.7. The zero-order chi connectivity index (χ0) is 22.0. The molecule has 7 nitrogen and oxygen atoms in total. The maximum atomic E-state index is 12.9. The number of aromatic amines is 1. The second-order valence-corrected chi connectivity index (χ2v) is 7.09. The van der Waals surface area contributed by atoms with Gasteiger partial charge in [-0.3, -0.25) is 9.78 Å². The molecule has 0 bridgehead atoms. The number of ketones is 1. The molecular weight excluding hydrogens is 384 g/mol. The Morgan fingerprint density at radius 1 is 1.10 bits per heavy atom. The number of Topliss-reactive ketones (excluding diaryl/α,β-unsaturated/α-hetero) is 1. The number of carbonyl (C=O) groups is 3. The third kappa shape index (κ3) is 3.96. The van der Waals surface area contributed by atoms with Crippen molar-refractivity contribution in [1.29, 1.82) is 0 Å². The predicted octanol–water partition coefficient (Wildman–Crippen LogP) is 4.09. The number of esters is 2. The highest BCUT2D eigenvalue weighted by molar-refractivity contribution is 6.07. The fourth-order valence-electron chi connectivity index (χ4n) is 3.46. The summed E-state index contributed by atoms with van der Waals surface area (Å²) >= 11 is 0. The number of hydrogen-bond acceptors (Lipinski definition) is 6. The fourth-order valence-corrected chi connectivity index (χ4v) is 3.46. The van der Waals surface area contributed by atoms with Gasteiger partial charge in [-0.25, -0.2) is 9.59 Å². The standard InChI is InChI=1S/C23H24N2O5/c1-6-29-23(28)19-13(3)20(25-14(19)4)21(26)15(5)30-22(27)17-11-12(2)24-18-10-8-7-9-16(17)18/h7-11,15,25H,6H2,1-5H3/t15-/m0/s1. The van der Waals surface area contributed by atoms with Gasteiger partial charge >= 0.3 is 11.9 Å². The number of nitrogens with one attached hydrogen (secondary N) is 1. The van der Waals surface area contributed by atoms with Crippen LogP contribution in [0.2, 0.25) is 0 Å². The van der Waals surface area contributed by atoms with E-state index in [0.29, 0.717) is 39.0 Å². The Hall–Kier alpha value is -3.48. The highest BCUT2D eigenvalue weighted by Gasteiger charge is 2.28. The smallest absolute Gasteiger partial charge is 0.340 e. The van der Waals surface area contributed by atoms with Crippen molar-refractivity contribution in [1.82, 2.24) is 9.97 Å². The summed E-state index contributed by atoms with van der Waals surface area (Å²) < 4.78 is 10.5. The van der Waals surface area contributed by atoms with Crippen LogP contribution in [0.1, 0.15) is 62.0 Å². The van der Waals surface area contributed by atoms with E-state index in [1.165, 1.54) is 6.92 Å². The van der Waals surface area contributed by atoms with Gasteiger partial charge in [0.15, 0.2) is 6.10 Å². The number of aryl methyl sites for hydroxylation is 2. The summed E-state index contributed by atoms with van der Waals surface area (Å²) in [6.45, 7) is 8.61. The molecule has 0 saturated heterocycles. The number of benzene rings is 1. The Kier molecular flexibility index (Phi) is 6.01. The molecule has 0 unspecified atom stereocenters. The molecule has 0 aliphatic heterocycles. The van der Waals surface area contributed by atoms with Gasteiger partial charge in [0, 0.05) is 16.8 Å². The molecule has 0 aliphatic rings. The van der Waals surface area contributed by atoms with Crippen LogP contribution in [0.3, 0.4) is 0 Å². The molecule has 1 N–H and O–H groups in total. The first-order valence-electron chi connectivity index (χ1n) is 9.72. The van der Waals surface area contributed by atoms with E-state index < -0.39 is 23.8 Å². The number of carbonyl (C=O) groups excluding carboxylic acids is 3. The average Bonchev–Trinajstić information content (AvgIpc) is 3.00. The van der Waals surface area contributed by atoms with Crippen molar-refractivity contribution < 1.29 is 23.9 Å². The topological polar surface area (TPSA) is 98.4 Å². The summed E-state index contributed by atoms with van der Waals surface area (Å²) in [7, 11) is 0. The van der Waals surface area contributed by atoms with E-state index in [-0.39, 0.29) is 12.3 Å². The molecule has 0 spiro atoms. The maximum Gasteiger partial charge on any atom is 0.340 e. The van der Waals surface area contributed by atoms with Crippen LogP contribution >= 0.6 is 0 Å². The van der Waals surface area contributed by atoms with Crippen molar-refractivity contribution in [2.24, 2.45) is 0 Å². The number of nitrogens with zero attached hydrogens (tertiary/aromatic N) is 1. The van der Waals surface area contributed by atoms with E-state index in [1.807, 2.05) is 18.2 Å². The second-order valence-electron chi connectivity index (χ2n) is 7.09. The molecule has 0 saturated carbocycles. The van der Waals surface area contributed by atoms with Gasteiger partial charge in [-0.1, -0.05) is 18.2 Å². The molecule has 3 aromatic rings. The largest absolute Gasteiger partial charge is 0.462 e. The molecule has 2 heterocycles. The van der Waals surface area contributed by atoms with Gasteiger partial charge in [-0.05, 0) is 52.3 Å². The van der Waals surface area contributed by atoms with Crippen LogP contribution in [0.25, 0.3) is 10.9 Å². The Balaban J connectivity index is 1.86. The summed E-state index contributed by atoms with van der Waals surface area (Å²) in [5, 5.41) is 0.657. The minimum atomic E-state index is -1.04. The van der Waals surface area contributed by atoms with Crippen LogP contribution in [0.15, 0.2) is 30.3 Å². The van der Waals surface area contributed by atoms with Crippen molar-refractivity contribution in [2.45, 2.75) is 40.7 Å². The fraction of sp³-hybridized carbons (Fsp3) is 0.304. The number of H-pyrrole nitrogens is 1. The Morgan fingerprint density at radius 2 is 1.80 bits per heavy atom. The van der Waals surface area contributed by atoms with Crippen LogP contribution in [0.5, 0.6) is 0 Å². The molecule has 7 heteroatoms. The van der Waals surface area contributed by atoms with Crippen LogP contribution in [-0.2, 0) is 9.47 Å². The van der Waals surface area contributed by atoms with Crippen LogP contribution in [0, 0.1) is 20.8 Å². The molecule has 0 radical (unpaired) electrons. The van der Waals surface area contributed by atoms with Crippen molar-refractivity contribution in [3.8, 4) is 0 Å². The van der Waals surface area contributed by atoms with Crippen molar-refractivity contribution >= 4 is 28.6 Å². The minimum Gasteiger partial charge on any atom is -0.462 e. The summed E-state index contributed by atoms with van der Waals surface area (Å²) in [6.07, 6.45) is -1.04. The number of hydrogen-bond donors (Lipinski definition) is 1. The maximum absolute atomic E-state index is 12.9. The van der Waals surface area contributed by atoms with Gasteiger partial charge in [0.25, 0.3) is 0 Å². The van der Waals surface area contributed by atoms with E-state index in [9.17, 15) is 14.4 Å². The van der Waals surface area contributed by atoms with Crippen molar-refractivity contribution in [3.63, 3.8) is 0 Å². The van der Waals surface area contributed by atoms with Gasteiger partial charge in [-0.15, -0.1) is 0 Å². The first-order valence-corrected chi connectivity index (χ1v) is 9.72. The first-order chi connectivity index (χ1) is 14.2. The molecule has 30 heavy (non-hydrogen) atoms. The predicted molar refractivity (Wildman–Crippen MR) is 112 cm³/mol. The molecule has 156 valence electrons. The van der Waals surface area contributed by atoms with E-state index >= 15 is 0 Å². The minimum absolute atomic E-state index is 0.228. The number of para-hydroxylation sites is 1. The summed E-state index contributed by atoms with van der Waals surface area (Å²) in [6, 6.07) is 8.90. The lowest BCUT2D eigenvalue weighted by Crippen LogP contribution is -2.25. The van der Waals surface area contributed by atoms with E-state index in [1.54, 1.807) is 39.8 Å². The molecule has 1 atom stereocenters. The SMILES string of the molecule is CCOC(=O)c1c(C)[nH]c(C(=O)[C@H](C)OC(=O)c2cc(C)nc3ccccc23)c1C. The quantitative estimate of drug-likeness (QED) is 0.487. The van der Waals surface area contributed by atoms with Crippen LogP contribution in [-0.4, -0.2) is 40.4 Å². The lowest BCUT2D eigenvalue weighted by Gasteiger charge is -2.14. The molecule has 2 aromatic heterocycles. The Bertz CT molecular complexity index is 1150. The van der Waals surface area contributed by atoms with E-state index in [4.69, 9.17) is 9.47 Å². The number of fused-ring (bicyclic) bond motifs is 1. The van der Waals surface area contributed by atoms with Gasteiger partial charge in [0.05, 0.1) is 28.9 Å². The molecule has 0 fully saturated rings.